The lowest BCUT2D eigenvalue weighted by molar-refractivity contribution is -0.126. The first-order valence-electron chi connectivity index (χ1n) is 17.0. The van der Waals surface area contributed by atoms with E-state index < -0.39 is 52.4 Å². The van der Waals surface area contributed by atoms with Gasteiger partial charge in [0.2, 0.25) is 0 Å². The van der Waals surface area contributed by atoms with Gasteiger partial charge in [-0.25, -0.2) is 0 Å². The van der Waals surface area contributed by atoms with Crippen molar-refractivity contribution in [2.24, 2.45) is 0 Å². The second kappa shape index (κ2) is 16.4. The monoisotopic (exact) mass is 758 g/mol. The summed E-state index contributed by atoms with van der Waals surface area (Å²) in [6.45, 7) is 8.58. The van der Waals surface area contributed by atoms with E-state index in [9.17, 15) is 16.8 Å². The van der Waals surface area contributed by atoms with Crippen LogP contribution in [0.4, 0.5) is 0 Å². The Hall–Kier alpha value is -3.94. The molecule has 0 aromatic heterocycles. The Labute approximate surface area is 309 Å². The fraction of sp³-hybridized carbons (Fsp3) is 0.268. The van der Waals surface area contributed by atoms with Gasteiger partial charge in [-0.05, 0) is 59.1 Å². The minimum Gasteiger partial charge on any atom is -0.404 e. The fourth-order valence-corrected chi connectivity index (χ4v) is 12.6. The molecule has 0 spiro atoms. The molecule has 5 rings (SSSR count). The van der Waals surface area contributed by atoms with E-state index >= 15 is 0 Å². The topological polar surface area (TPSA) is 105 Å². The lowest BCUT2D eigenvalue weighted by Gasteiger charge is -2.45. The zero-order valence-electron chi connectivity index (χ0n) is 30.2. The molecule has 0 radical (unpaired) electrons. The second-order valence-electron chi connectivity index (χ2n) is 14.0. The van der Waals surface area contributed by atoms with Crippen molar-refractivity contribution in [2.75, 3.05) is 19.8 Å². The molecule has 0 fully saturated rings. The largest absolute Gasteiger partial charge is 0.404 e. The van der Waals surface area contributed by atoms with Crippen LogP contribution in [0.5, 0.6) is 0 Å². The summed E-state index contributed by atoms with van der Waals surface area (Å²) in [6, 6.07) is 41.8. The van der Waals surface area contributed by atoms with Crippen LogP contribution in [0.3, 0.4) is 0 Å². The zero-order valence-corrected chi connectivity index (χ0v) is 32.8. The lowest BCUT2D eigenvalue weighted by Crippen LogP contribution is -2.68. The van der Waals surface area contributed by atoms with Gasteiger partial charge in [0, 0.05) is 0 Å². The van der Waals surface area contributed by atoms with Crippen LogP contribution < -0.4 is 10.4 Å². The van der Waals surface area contributed by atoms with Gasteiger partial charge in [0.05, 0.1) is 23.0 Å². The van der Waals surface area contributed by atoms with Crippen LogP contribution in [0.2, 0.25) is 5.04 Å². The van der Waals surface area contributed by atoms with E-state index in [4.69, 9.17) is 17.5 Å². The first-order valence-corrected chi connectivity index (χ1v) is 21.7. The molecule has 0 aliphatic carbocycles. The van der Waals surface area contributed by atoms with Crippen molar-refractivity contribution in [1.29, 1.82) is 0 Å². The summed E-state index contributed by atoms with van der Waals surface area (Å²) in [7, 11) is -11.9. The van der Waals surface area contributed by atoms with E-state index in [2.05, 4.69) is 20.8 Å². The van der Waals surface area contributed by atoms with E-state index in [1.165, 1.54) is 24.3 Å². The number of rotatable bonds is 16. The molecule has 0 amide bonds. The van der Waals surface area contributed by atoms with E-state index in [-0.39, 0.29) is 23.0 Å². The number of aryl methyl sites for hydroxylation is 2. The molecule has 0 heterocycles. The smallest absolute Gasteiger partial charge is 0.297 e. The molecular formula is C41H46O8S2Si. The molecular weight excluding hydrogens is 713 g/mol. The minimum absolute atomic E-state index is 0.00712. The van der Waals surface area contributed by atoms with Gasteiger partial charge in [-0.1, -0.05) is 147 Å². The molecule has 0 atom stereocenters. The molecule has 52 heavy (non-hydrogen) atoms. The van der Waals surface area contributed by atoms with Crippen molar-refractivity contribution in [3.8, 4) is 0 Å². The van der Waals surface area contributed by atoms with Gasteiger partial charge in [-0.3, -0.25) is 8.37 Å². The van der Waals surface area contributed by atoms with E-state index in [1.807, 2.05) is 105 Å². The summed E-state index contributed by atoms with van der Waals surface area (Å²) in [5.41, 5.74) is 0.805. The first kappa shape index (κ1) is 39.3. The summed E-state index contributed by atoms with van der Waals surface area (Å²) in [5, 5.41) is 1.50. The van der Waals surface area contributed by atoms with Gasteiger partial charge in [-0.15, -0.1) is 0 Å². The molecule has 8 nitrogen and oxygen atoms in total. The molecule has 11 heteroatoms. The van der Waals surface area contributed by atoms with Crippen LogP contribution in [0, 0.1) is 13.8 Å². The van der Waals surface area contributed by atoms with Crippen molar-refractivity contribution in [3.63, 3.8) is 0 Å². The van der Waals surface area contributed by atoms with E-state index in [0.717, 1.165) is 27.1 Å². The summed E-state index contributed by atoms with van der Waals surface area (Å²) < 4.78 is 80.0. The average Bonchev–Trinajstić information content (AvgIpc) is 3.13. The average molecular weight is 759 g/mol. The lowest BCUT2D eigenvalue weighted by atomic mass is 10.1. The SMILES string of the molecule is Cc1ccc(S(=O)(=O)OCC(CO[Si](c2ccccc2)(c2ccccc2)C(C)(C)C)(COS(=O)(=O)c2ccc(C)cc2)OCc2ccccc2)cc1. The number of benzene rings is 5. The molecule has 0 unspecified atom stereocenters. The Morgan fingerprint density at radius 3 is 1.29 bits per heavy atom. The Kier molecular flexibility index (Phi) is 12.4. The highest BCUT2D eigenvalue weighted by molar-refractivity contribution is 7.87. The predicted octanol–water partition coefficient (Wildman–Crippen LogP) is 6.95. The molecule has 0 saturated carbocycles. The van der Waals surface area contributed by atoms with Crippen LogP contribution in [0.15, 0.2) is 149 Å². The van der Waals surface area contributed by atoms with Crippen molar-refractivity contribution in [1.82, 2.24) is 0 Å². The third-order valence-electron chi connectivity index (χ3n) is 8.93. The van der Waals surface area contributed by atoms with Gasteiger partial charge in [-0.2, -0.15) is 16.8 Å². The molecule has 0 aliphatic heterocycles. The molecule has 274 valence electrons. The quantitative estimate of drug-likeness (QED) is 0.0788. The highest BCUT2D eigenvalue weighted by atomic mass is 32.2. The van der Waals surface area contributed by atoms with Gasteiger partial charge >= 0.3 is 0 Å². The van der Waals surface area contributed by atoms with Gasteiger partial charge in [0.1, 0.15) is 18.8 Å². The van der Waals surface area contributed by atoms with Crippen molar-refractivity contribution in [2.45, 2.75) is 61.7 Å². The molecule has 5 aromatic carbocycles. The van der Waals surface area contributed by atoms with E-state index in [1.54, 1.807) is 24.3 Å². The number of hydrogen-bond acceptors (Lipinski definition) is 8. The fourth-order valence-electron chi connectivity index (χ4n) is 5.98. The summed E-state index contributed by atoms with van der Waals surface area (Å²) in [6.07, 6.45) is 0. The van der Waals surface area contributed by atoms with Crippen LogP contribution in [0.1, 0.15) is 37.5 Å². The maximum atomic E-state index is 13.7. The van der Waals surface area contributed by atoms with Crippen molar-refractivity contribution >= 4 is 38.9 Å². The maximum absolute atomic E-state index is 13.7. The van der Waals surface area contributed by atoms with Gasteiger partial charge < -0.3 is 9.16 Å². The van der Waals surface area contributed by atoms with Crippen LogP contribution in [-0.4, -0.2) is 50.6 Å². The highest BCUT2D eigenvalue weighted by Gasteiger charge is 2.52. The standard InChI is InChI=1S/C41H46O8S2Si/c1-33-21-25-36(26-22-33)50(42,43)47-30-41(46-29-35-15-9-6-10-16-35,31-48-51(44,45)37-27-23-34(2)24-28-37)32-49-52(40(3,4)5,38-17-11-7-12-18-38)39-19-13-8-14-20-39/h6-28H,29-32H2,1-5H3. The van der Waals surface area contributed by atoms with Crippen LogP contribution in [-0.2, 0) is 44.4 Å². The third-order valence-corrected chi connectivity index (χ3v) is 16.5. The Morgan fingerprint density at radius 2 is 0.904 bits per heavy atom. The summed E-state index contributed by atoms with van der Waals surface area (Å²) in [5.74, 6) is 0. The van der Waals surface area contributed by atoms with E-state index in [0.29, 0.717) is 0 Å². The van der Waals surface area contributed by atoms with Gasteiger partial charge in [0.25, 0.3) is 28.6 Å². The Balaban J connectivity index is 1.62. The molecule has 0 aliphatic rings. The van der Waals surface area contributed by atoms with Crippen molar-refractivity contribution < 1.29 is 34.4 Å². The Bertz CT molecular complexity index is 1980. The van der Waals surface area contributed by atoms with Crippen LogP contribution >= 0.6 is 0 Å². The summed E-state index contributed by atoms with van der Waals surface area (Å²) in [4.78, 5) is -0.0904. The molecule has 5 aromatic rings. The zero-order chi connectivity index (χ0) is 37.5. The Morgan fingerprint density at radius 1 is 0.519 bits per heavy atom. The normalized spacial score (nSPS) is 12.9. The predicted molar refractivity (Wildman–Crippen MR) is 206 cm³/mol. The minimum atomic E-state index is -4.32. The van der Waals surface area contributed by atoms with Crippen LogP contribution in [0.25, 0.3) is 0 Å². The highest BCUT2D eigenvalue weighted by Crippen LogP contribution is 2.38. The number of ether oxygens (including phenoxy) is 1. The van der Waals surface area contributed by atoms with Crippen molar-refractivity contribution in [3.05, 3.63) is 156 Å². The summed E-state index contributed by atoms with van der Waals surface area (Å²) >= 11 is 0. The number of hydrogen-bond donors (Lipinski definition) is 0. The molecule has 0 N–H and O–H groups in total. The molecule has 0 bridgehead atoms. The first-order chi connectivity index (χ1) is 24.7. The van der Waals surface area contributed by atoms with Gasteiger partial charge in [0.15, 0.2) is 0 Å². The third kappa shape index (κ3) is 9.34. The second-order valence-corrected chi connectivity index (χ2v) is 21.5. The molecule has 0 saturated heterocycles. The maximum Gasteiger partial charge on any atom is 0.297 e.